The van der Waals surface area contributed by atoms with Crippen LogP contribution in [0.4, 0.5) is 4.79 Å². The van der Waals surface area contributed by atoms with Gasteiger partial charge in [-0.25, -0.2) is 4.79 Å². The molecule has 4 amide bonds. The van der Waals surface area contributed by atoms with Gasteiger partial charge in [-0.2, -0.15) is 5.01 Å². The van der Waals surface area contributed by atoms with Gasteiger partial charge in [0.1, 0.15) is 5.78 Å². The van der Waals surface area contributed by atoms with Gasteiger partial charge >= 0.3 is 13.6 Å². The Labute approximate surface area is 279 Å². The molecule has 4 rings (SSSR count). The molecule has 1 heterocycles. The van der Waals surface area contributed by atoms with Gasteiger partial charge in [-0.1, -0.05) is 19.9 Å². The second kappa shape index (κ2) is 15.5. The van der Waals surface area contributed by atoms with E-state index in [1.807, 2.05) is 0 Å². The smallest absolute Gasteiger partial charge is 0.351 e. The first-order valence-electron chi connectivity index (χ1n) is 16.7. The Morgan fingerprint density at radius 2 is 1.78 bits per heavy atom. The molecule has 0 spiro atoms. The van der Waals surface area contributed by atoms with Gasteiger partial charge in [0.25, 0.3) is 0 Å². The molecule has 3 aliphatic carbocycles. The number of carbonyl (C=O) groups excluding carboxylic acids is 3. The average molecular weight is 688 g/mol. The Hall–Kier alpha value is -2.01. The maximum atomic E-state index is 13.0. The number of nitroso groups, excluding NO2 is 1. The number of nitrogens with zero attached hydrogens (tertiary/aromatic N) is 2. The Kier molecular flexibility index (Phi) is 12.9. The van der Waals surface area contributed by atoms with Crippen LogP contribution in [-0.2, 0) is 23.2 Å². The van der Waals surface area contributed by atoms with E-state index in [9.17, 15) is 23.9 Å². The Bertz CT molecular complexity index is 1190. The molecule has 0 aromatic rings. The van der Waals surface area contributed by atoms with E-state index in [4.69, 9.17) is 20.6 Å². The largest absolute Gasteiger partial charge is 0.352 e. The number of alkyl halides is 1. The first-order chi connectivity index (χ1) is 21.5. The van der Waals surface area contributed by atoms with Crippen molar-refractivity contribution in [3.05, 3.63) is 17.1 Å². The second-order valence-electron chi connectivity index (χ2n) is 14.5. The van der Waals surface area contributed by atoms with E-state index in [1.165, 1.54) is 26.2 Å². The van der Waals surface area contributed by atoms with E-state index < -0.39 is 19.4 Å². The number of carbonyl (C=O) groups is 3. The molecule has 3 fully saturated rings. The minimum atomic E-state index is -3.47. The van der Waals surface area contributed by atoms with Crippen LogP contribution in [0.2, 0.25) is 0 Å². The number of nitrogens with one attached hydrogen (secondary N) is 3. The first-order valence-corrected chi connectivity index (χ1v) is 18.8. The molecule has 3 saturated carbocycles. The monoisotopic (exact) mass is 687 g/mol. The van der Waals surface area contributed by atoms with Crippen LogP contribution in [0.1, 0.15) is 93.9 Å². The summed E-state index contributed by atoms with van der Waals surface area (Å²) in [7, 11) is -3.47. The minimum absolute atomic E-state index is 0.0445. The highest BCUT2D eigenvalue weighted by atomic mass is 35.5. The maximum Gasteiger partial charge on any atom is 0.352 e. The summed E-state index contributed by atoms with van der Waals surface area (Å²) >= 11 is 5.42. The normalized spacial score (nSPS) is 32.4. The maximum absolute atomic E-state index is 13.0. The lowest BCUT2D eigenvalue weighted by atomic mass is 9.48. The SMILES string of the molecule is CC(C)(C)NC(=O)[C@H]1CC[C@H]2[C@@H]3CC[C@H]4NC(=O)C=C[C@]4(C)[C@H]3CC[C@]12C.CCOP(=O)(OCC)C(C)NC(=O)N(CCCl)N=O. The van der Waals surface area contributed by atoms with Crippen molar-refractivity contribution in [3.8, 4) is 0 Å². The lowest BCUT2D eigenvalue weighted by Crippen LogP contribution is -2.59. The fourth-order valence-corrected chi connectivity index (χ4v) is 10.1. The van der Waals surface area contributed by atoms with Crippen molar-refractivity contribution in [2.24, 2.45) is 39.8 Å². The topological polar surface area (TPSA) is 156 Å². The van der Waals surface area contributed by atoms with E-state index in [0.717, 1.165) is 19.3 Å². The summed E-state index contributed by atoms with van der Waals surface area (Å²) < 4.78 is 22.4. The third-order valence-electron chi connectivity index (χ3n) is 10.6. The summed E-state index contributed by atoms with van der Waals surface area (Å²) in [5, 5.41) is 11.9. The van der Waals surface area contributed by atoms with Crippen LogP contribution >= 0.6 is 19.2 Å². The van der Waals surface area contributed by atoms with Gasteiger partial charge in [-0.15, -0.1) is 16.5 Å². The fourth-order valence-electron chi connectivity index (χ4n) is 8.43. The molecule has 8 atom stereocenters. The van der Waals surface area contributed by atoms with Crippen molar-refractivity contribution in [2.45, 2.75) is 111 Å². The molecule has 0 saturated heterocycles. The average Bonchev–Trinajstić information content (AvgIpc) is 3.33. The number of amides is 4. The highest BCUT2D eigenvalue weighted by Gasteiger charge is 2.61. The van der Waals surface area contributed by atoms with Gasteiger partial charge in [0.2, 0.25) is 11.8 Å². The second-order valence-corrected chi connectivity index (χ2v) is 17.3. The highest BCUT2D eigenvalue weighted by Crippen LogP contribution is 2.65. The standard InChI is InChI=1S/C23H36N2O2.C9H19ClN3O5P/c1-21(2,3)25-20(27)17-8-7-15-14-6-9-18-23(5,13-11-19(26)24-18)16(14)10-12-22(15,17)4;1-4-17-19(16,18-5-2)8(3)11-9(14)13(12-15)7-6-10/h11,13-18H,6-10,12H2,1-5H3,(H,24,26)(H,25,27);8H,4-7H2,1-3H3,(H,11,14)/t14-,15-,16-,17+,18+,22-,23+;/m0./s1. The highest BCUT2D eigenvalue weighted by molar-refractivity contribution is 7.54. The van der Waals surface area contributed by atoms with E-state index in [-0.39, 0.29) is 65.8 Å². The molecular weight excluding hydrogens is 633 g/mol. The molecule has 4 aliphatic rings. The number of urea groups is 1. The zero-order valence-corrected chi connectivity index (χ0v) is 30.4. The molecule has 0 radical (unpaired) electrons. The molecule has 1 unspecified atom stereocenters. The predicted octanol–water partition coefficient (Wildman–Crippen LogP) is 6.34. The molecule has 3 N–H and O–H groups in total. The Balaban J connectivity index is 0.000000269. The molecule has 14 heteroatoms. The van der Waals surface area contributed by atoms with Crippen LogP contribution in [0.25, 0.3) is 0 Å². The number of halogens is 1. The Morgan fingerprint density at radius 3 is 2.35 bits per heavy atom. The van der Waals surface area contributed by atoms with Gasteiger partial charge in [0.05, 0.1) is 25.0 Å². The van der Waals surface area contributed by atoms with Gasteiger partial charge in [0.15, 0.2) is 0 Å². The van der Waals surface area contributed by atoms with Crippen molar-refractivity contribution in [2.75, 3.05) is 25.6 Å². The summed E-state index contributed by atoms with van der Waals surface area (Å²) in [6.45, 7) is 16.0. The van der Waals surface area contributed by atoms with Crippen molar-refractivity contribution >= 4 is 37.0 Å². The van der Waals surface area contributed by atoms with Crippen molar-refractivity contribution in [1.82, 2.24) is 21.0 Å². The van der Waals surface area contributed by atoms with E-state index in [1.54, 1.807) is 19.9 Å². The van der Waals surface area contributed by atoms with Crippen molar-refractivity contribution in [1.29, 1.82) is 0 Å². The van der Waals surface area contributed by atoms with E-state index in [0.29, 0.717) is 22.8 Å². The van der Waals surface area contributed by atoms with Crippen LogP contribution in [0.5, 0.6) is 0 Å². The molecule has 46 heavy (non-hydrogen) atoms. The lowest BCUT2D eigenvalue weighted by Gasteiger charge is -2.58. The van der Waals surface area contributed by atoms with Crippen LogP contribution in [0, 0.1) is 39.4 Å². The van der Waals surface area contributed by atoms with Gasteiger partial charge < -0.3 is 25.0 Å². The van der Waals surface area contributed by atoms with Crippen molar-refractivity contribution < 1.29 is 28.0 Å². The molecular formula is C32H55ClN5O7P. The molecule has 262 valence electrons. The zero-order chi connectivity index (χ0) is 34.5. The third-order valence-corrected chi connectivity index (χ3v) is 13.0. The summed E-state index contributed by atoms with van der Waals surface area (Å²) in [6, 6.07) is -0.523. The number of rotatable bonds is 10. The van der Waals surface area contributed by atoms with Crippen LogP contribution in [-0.4, -0.2) is 65.9 Å². The molecule has 0 aromatic carbocycles. The molecule has 12 nitrogen and oxygen atoms in total. The Morgan fingerprint density at radius 1 is 1.13 bits per heavy atom. The summed E-state index contributed by atoms with van der Waals surface area (Å²) in [6.07, 6.45) is 10.7. The third kappa shape index (κ3) is 8.34. The van der Waals surface area contributed by atoms with E-state index in [2.05, 4.69) is 61.9 Å². The van der Waals surface area contributed by atoms with Crippen LogP contribution < -0.4 is 16.0 Å². The van der Waals surface area contributed by atoms with Gasteiger partial charge in [-0.3, -0.25) is 14.2 Å². The lowest BCUT2D eigenvalue weighted by molar-refractivity contribution is -0.135. The van der Waals surface area contributed by atoms with Gasteiger partial charge in [-0.05, 0) is 109 Å². The summed E-state index contributed by atoms with van der Waals surface area (Å²) in [5.74, 6) is 1.56. The zero-order valence-electron chi connectivity index (χ0n) is 28.8. The number of hydrogen-bond donors (Lipinski definition) is 3. The molecule has 0 aromatic heterocycles. The summed E-state index contributed by atoms with van der Waals surface area (Å²) in [5.41, 5.74) is 0.0323. The quantitative estimate of drug-likeness (QED) is 0.105. The molecule has 1 aliphatic heterocycles. The van der Waals surface area contributed by atoms with Crippen molar-refractivity contribution in [3.63, 3.8) is 0 Å². The van der Waals surface area contributed by atoms with Crippen LogP contribution in [0.3, 0.4) is 0 Å². The van der Waals surface area contributed by atoms with Gasteiger partial charge in [0, 0.05) is 28.8 Å². The predicted molar refractivity (Wildman–Crippen MR) is 179 cm³/mol. The number of hydrogen-bond acceptors (Lipinski definition) is 8. The minimum Gasteiger partial charge on any atom is -0.351 e. The summed E-state index contributed by atoms with van der Waals surface area (Å²) in [4.78, 5) is 47.0. The molecule has 0 bridgehead atoms. The first kappa shape index (κ1) is 38.4. The number of fused-ring (bicyclic) bond motifs is 5. The fraction of sp³-hybridized carbons (Fsp3) is 0.844. The van der Waals surface area contributed by atoms with Crippen LogP contribution in [0.15, 0.2) is 17.4 Å². The van der Waals surface area contributed by atoms with E-state index >= 15 is 0 Å².